The molecule has 3 aromatic rings. The van der Waals surface area contributed by atoms with Crippen LogP contribution >= 0.6 is 15.9 Å². The number of fused-ring (bicyclic) bond motifs is 1. The molecule has 0 aliphatic carbocycles. The maximum atomic E-state index is 12.4. The third-order valence-electron chi connectivity index (χ3n) is 4.43. The Morgan fingerprint density at radius 2 is 1.58 bits per heavy atom. The molecule has 0 spiro atoms. The summed E-state index contributed by atoms with van der Waals surface area (Å²) in [5, 5.41) is 2.14. The number of hydrogen-bond donors (Lipinski definition) is 0. The Balaban J connectivity index is 1.59. The lowest BCUT2D eigenvalue weighted by molar-refractivity contribution is -0.130. The van der Waals surface area contributed by atoms with Crippen LogP contribution in [0.3, 0.4) is 0 Å². The monoisotopic (exact) mass is 409 g/mol. The van der Waals surface area contributed by atoms with Gasteiger partial charge in [0.1, 0.15) is 0 Å². The highest BCUT2D eigenvalue weighted by Crippen LogP contribution is 2.19. The second-order valence-corrected chi connectivity index (χ2v) is 7.18. The fourth-order valence-electron chi connectivity index (χ4n) is 2.89. The van der Waals surface area contributed by atoms with Crippen LogP contribution in [-0.4, -0.2) is 23.6 Å². The maximum absolute atomic E-state index is 12.4. The molecule has 0 atom stereocenters. The van der Waals surface area contributed by atoms with Crippen molar-refractivity contribution in [1.82, 2.24) is 4.90 Å². The third-order valence-corrected chi connectivity index (χ3v) is 5.20. The van der Waals surface area contributed by atoms with Crippen molar-refractivity contribution in [2.75, 3.05) is 7.05 Å². The van der Waals surface area contributed by atoms with Crippen LogP contribution in [0.15, 0.2) is 71.2 Å². The zero-order valence-electron chi connectivity index (χ0n) is 14.6. The first-order valence-corrected chi connectivity index (χ1v) is 9.33. The van der Waals surface area contributed by atoms with Crippen molar-refractivity contribution in [3.05, 3.63) is 82.3 Å². The Labute approximate surface area is 161 Å². The molecule has 3 nitrogen and oxygen atoms in total. The van der Waals surface area contributed by atoms with E-state index in [0.717, 1.165) is 20.8 Å². The van der Waals surface area contributed by atoms with Crippen LogP contribution in [0.5, 0.6) is 0 Å². The Morgan fingerprint density at radius 3 is 2.35 bits per heavy atom. The molecular formula is C22H20BrNO2. The largest absolute Gasteiger partial charge is 0.341 e. The highest BCUT2D eigenvalue weighted by atomic mass is 79.9. The molecule has 0 radical (unpaired) electrons. The third kappa shape index (κ3) is 4.38. The highest BCUT2D eigenvalue weighted by Gasteiger charge is 2.14. The number of Topliss-reactive ketones (excluding diaryl/α,β-unsaturated/α-hetero) is 1. The van der Waals surface area contributed by atoms with Crippen LogP contribution in [-0.2, 0) is 11.3 Å². The molecule has 0 N–H and O–H groups in total. The van der Waals surface area contributed by atoms with Crippen LogP contribution in [0.25, 0.3) is 10.8 Å². The molecule has 0 unspecified atom stereocenters. The number of rotatable bonds is 6. The molecule has 3 rings (SSSR count). The summed E-state index contributed by atoms with van der Waals surface area (Å²) in [6, 6.07) is 21.4. The highest BCUT2D eigenvalue weighted by molar-refractivity contribution is 9.10. The second kappa shape index (κ2) is 8.28. The van der Waals surface area contributed by atoms with Gasteiger partial charge in [0.25, 0.3) is 0 Å². The van der Waals surface area contributed by atoms with E-state index in [1.807, 2.05) is 66.7 Å². The molecule has 0 fully saturated rings. The van der Waals surface area contributed by atoms with Crippen LogP contribution < -0.4 is 0 Å². The fraction of sp³-hybridized carbons (Fsp3) is 0.182. The number of benzene rings is 3. The van der Waals surface area contributed by atoms with E-state index in [2.05, 4.69) is 15.9 Å². The summed E-state index contributed by atoms with van der Waals surface area (Å²) in [4.78, 5) is 26.5. The number of ketones is 1. The normalized spacial score (nSPS) is 10.7. The van der Waals surface area contributed by atoms with E-state index in [4.69, 9.17) is 0 Å². The van der Waals surface area contributed by atoms with Gasteiger partial charge in [0.05, 0.1) is 0 Å². The minimum absolute atomic E-state index is 0.00149. The zero-order chi connectivity index (χ0) is 18.5. The van der Waals surface area contributed by atoms with Crippen LogP contribution in [0.4, 0.5) is 0 Å². The molecule has 1 amide bonds. The number of halogens is 1. The summed E-state index contributed by atoms with van der Waals surface area (Å²) >= 11 is 3.49. The number of hydrogen-bond acceptors (Lipinski definition) is 2. The lowest BCUT2D eigenvalue weighted by atomic mass is 10.0. The van der Waals surface area contributed by atoms with Crippen molar-refractivity contribution in [2.45, 2.75) is 19.4 Å². The first-order chi connectivity index (χ1) is 12.5. The Kier molecular flexibility index (Phi) is 5.84. The van der Waals surface area contributed by atoms with Gasteiger partial charge in [-0.05, 0) is 28.5 Å². The predicted molar refractivity (Wildman–Crippen MR) is 108 cm³/mol. The quantitative estimate of drug-likeness (QED) is 0.523. The number of nitrogens with zero attached hydrogens (tertiary/aromatic N) is 1. The molecule has 4 heteroatoms. The van der Waals surface area contributed by atoms with Crippen molar-refractivity contribution in [1.29, 1.82) is 0 Å². The number of carbonyl (C=O) groups excluding carboxylic acids is 2. The van der Waals surface area contributed by atoms with Gasteiger partial charge in [-0.25, -0.2) is 0 Å². The van der Waals surface area contributed by atoms with Crippen LogP contribution in [0.1, 0.15) is 28.8 Å². The van der Waals surface area contributed by atoms with Crippen LogP contribution in [0.2, 0.25) is 0 Å². The van der Waals surface area contributed by atoms with Gasteiger partial charge in [-0.3, -0.25) is 9.59 Å². The van der Waals surface area contributed by atoms with E-state index in [1.165, 1.54) is 0 Å². The predicted octanol–water partition coefficient (Wildman–Crippen LogP) is 5.22. The van der Waals surface area contributed by atoms with Crippen molar-refractivity contribution in [2.24, 2.45) is 0 Å². The van der Waals surface area contributed by atoms with Gasteiger partial charge in [0, 0.05) is 36.5 Å². The van der Waals surface area contributed by atoms with Gasteiger partial charge in [-0.1, -0.05) is 70.5 Å². The fourth-order valence-corrected chi connectivity index (χ4v) is 3.30. The molecule has 0 saturated heterocycles. The van der Waals surface area contributed by atoms with Gasteiger partial charge in [0.15, 0.2) is 5.78 Å². The summed E-state index contributed by atoms with van der Waals surface area (Å²) in [5.74, 6) is -0.0340. The smallest absolute Gasteiger partial charge is 0.223 e. The minimum Gasteiger partial charge on any atom is -0.341 e. The molecule has 132 valence electrons. The molecule has 26 heavy (non-hydrogen) atoms. The average Bonchev–Trinajstić information content (AvgIpc) is 2.67. The van der Waals surface area contributed by atoms with E-state index in [1.54, 1.807) is 11.9 Å². The van der Waals surface area contributed by atoms with Gasteiger partial charge < -0.3 is 4.90 Å². The maximum Gasteiger partial charge on any atom is 0.223 e. The first kappa shape index (κ1) is 18.3. The van der Waals surface area contributed by atoms with E-state index in [-0.39, 0.29) is 24.5 Å². The molecule has 0 aromatic heterocycles. The average molecular weight is 410 g/mol. The van der Waals surface area contributed by atoms with Crippen molar-refractivity contribution in [3.8, 4) is 0 Å². The van der Waals surface area contributed by atoms with E-state index < -0.39 is 0 Å². The number of carbonyl (C=O) groups is 2. The van der Waals surface area contributed by atoms with Crippen molar-refractivity contribution >= 4 is 38.4 Å². The molecule has 3 aromatic carbocycles. The van der Waals surface area contributed by atoms with Crippen molar-refractivity contribution < 1.29 is 9.59 Å². The van der Waals surface area contributed by atoms with E-state index in [9.17, 15) is 9.59 Å². The second-order valence-electron chi connectivity index (χ2n) is 6.33. The lowest BCUT2D eigenvalue weighted by Crippen LogP contribution is -2.26. The Bertz CT molecular complexity index is 952. The summed E-state index contributed by atoms with van der Waals surface area (Å²) in [5.41, 5.74) is 1.70. The molecule has 0 aliphatic rings. The molecule has 0 aliphatic heterocycles. The SMILES string of the molecule is CN(Cc1ccccc1Br)C(=O)CCC(=O)c1ccc2ccccc2c1. The lowest BCUT2D eigenvalue weighted by Gasteiger charge is -2.18. The summed E-state index contributed by atoms with van der Waals surface area (Å²) in [6.07, 6.45) is 0.435. The summed E-state index contributed by atoms with van der Waals surface area (Å²) < 4.78 is 0.979. The Hall–Kier alpha value is -2.46. The van der Waals surface area contributed by atoms with Gasteiger partial charge >= 0.3 is 0 Å². The first-order valence-electron chi connectivity index (χ1n) is 8.54. The molecule has 0 bridgehead atoms. The van der Waals surface area contributed by atoms with E-state index >= 15 is 0 Å². The summed E-state index contributed by atoms with van der Waals surface area (Å²) in [7, 11) is 1.77. The van der Waals surface area contributed by atoms with Crippen molar-refractivity contribution in [3.63, 3.8) is 0 Å². The zero-order valence-corrected chi connectivity index (χ0v) is 16.2. The van der Waals surface area contributed by atoms with Gasteiger partial charge in [0.2, 0.25) is 5.91 Å². The number of amides is 1. The standard InChI is InChI=1S/C22H20BrNO2/c1-24(15-19-8-4-5-9-20(19)23)22(26)13-12-21(25)18-11-10-16-6-2-3-7-17(16)14-18/h2-11,14H,12-13,15H2,1H3. The van der Waals surface area contributed by atoms with Gasteiger partial charge in [-0.15, -0.1) is 0 Å². The summed E-state index contributed by atoms with van der Waals surface area (Å²) in [6.45, 7) is 0.518. The molecule has 0 saturated carbocycles. The molecular weight excluding hydrogens is 390 g/mol. The minimum atomic E-state index is -0.0325. The topological polar surface area (TPSA) is 37.4 Å². The van der Waals surface area contributed by atoms with Gasteiger partial charge in [-0.2, -0.15) is 0 Å². The Morgan fingerprint density at radius 1 is 0.885 bits per heavy atom. The van der Waals surface area contributed by atoms with E-state index in [0.29, 0.717) is 12.1 Å². The molecule has 0 heterocycles. The van der Waals surface area contributed by atoms with Crippen LogP contribution in [0, 0.1) is 0 Å².